The van der Waals surface area contributed by atoms with Crippen molar-refractivity contribution >= 4 is 11.5 Å². The summed E-state index contributed by atoms with van der Waals surface area (Å²) in [6.45, 7) is 2.08. The molecule has 0 radical (unpaired) electrons. The molecule has 7 N–H and O–H groups in total. The second-order valence-corrected chi connectivity index (χ2v) is 7.42. The summed E-state index contributed by atoms with van der Waals surface area (Å²) >= 11 is 0. The molecule has 34 heavy (non-hydrogen) atoms. The number of hydrogen-bond donors (Lipinski definition) is 5. The first-order chi connectivity index (χ1) is 16.5. The predicted molar refractivity (Wildman–Crippen MR) is 128 cm³/mol. The van der Waals surface area contributed by atoms with E-state index in [1.54, 1.807) is 30.3 Å². The highest BCUT2D eigenvalue weighted by molar-refractivity contribution is 5.95. The smallest absolute Gasteiger partial charge is 0.350 e. The van der Waals surface area contributed by atoms with Crippen molar-refractivity contribution in [1.82, 2.24) is 24.7 Å². The number of nitrogens with one attached hydrogen (secondary N) is 3. The van der Waals surface area contributed by atoms with E-state index in [2.05, 4.69) is 25.4 Å². The number of anilines is 1. The van der Waals surface area contributed by atoms with Gasteiger partial charge in [-0.15, -0.1) is 9.78 Å². The van der Waals surface area contributed by atoms with Gasteiger partial charge in [0.15, 0.2) is 5.82 Å². The normalized spacial score (nSPS) is 11.7. The molecule has 1 unspecified atom stereocenters. The van der Waals surface area contributed by atoms with Gasteiger partial charge in [0.1, 0.15) is 24.4 Å². The highest BCUT2D eigenvalue weighted by Crippen LogP contribution is 2.29. The fraction of sp³-hybridized carbons (Fsp3) is 0.174. The maximum atomic E-state index is 12.7. The topological polar surface area (TPSA) is 174 Å². The molecule has 0 aliphatic rings. The summed E-state index contributed by atoms with van der Waals surface area (Å²) in [6, 6.07) is 14.0. The Hall–Kier alpha value is -4.51. The average molecular weight is 460 g/mol. The van der Waals surface area contributed by atoms with E-state index in [9.17, 15) is 4.79 Å². The molecule has 2 heterocycles. The number of benzene rings is 2. The zero-order valence-electron chi connectivity index (χ0n) is 18.5. The molecule has 0 saturated heterocycles. The Morgan fingerprint density at radius 3 is 2.59 bits per heavy atom. The van der Waals surface area contributed by atoms with Crippen LogP contribution in [0.25, 0.3) is 5.95 Å². The number of aryl methyl sites for hydroxylation is 1. The van der Waals surface area contributed by atoms with Crippen LogP contribution in [0.2, 0.25) is 0 Å². The Morgan fingerprint density at radius 2 is 1.94 bits per heavy atom. The van der Waals surface area contributed by atoms with Crippen LogP contribution in [0.1, 0.15) is 35.5 Å². The number of rotatable bonds is 9. The Labute approximate surface area is 195 Å². The lowest BCUT2D eigenvalue weighted by Crippen LogP contribution is -2.18. The van der Waals surface area contributed by atoms with Crippen LogP contribution in [-0.4, -0.2) is 37.3 Å². The lowest BCUT2D eigenvalue weighted by molar-refractivity contribution is 0.329. The van der Waals surface area contributed by atoms with E-state index in [4.69, 9.17) is 21.6 Å². The molecule has 1 atom stereocenters. The van der Waals surface area contributed by atoms with Crippen LogP contribution >= 0.6 is 0 Å². The lowest BCUT2D eigenvalue weighted by atomic mass is 10.0. The molecule has 11 nitrogen and oxygen atoms in total. The lowest BCUT2D eigenvalue weighted by Gasteiger charge is -2.20. The number of nitrogens with zero attached hydrogens (tertiary/aromatic N) is 4. The van der Waals surface area contributed by atoms with E-state index < -0.39 is 11.7 Å². The van der Waals surface area contributed by atoms with Crippen LogP contribution in [0.15, 0.2) is 65.7 Å². The van der Waals surface area contributed by atoms with Crippen molar-refractivity contribution in [3.8, 4) is 11.7 Å². The first-order valence-electron chi connectivity index (χ1n) is 10.6. The third kappa shape index (κ3) is 4.94. The molecule has 0 spiro atoms. The fourth-order valence-corrected chi connectivity index (χ4v) is 3.47. The number of ether oxygens (including phenoxy) is 1. The quantitative estimate of drug-likeness (QED) is 0.143. The standard InChI is InChI=1S/C23H25N9O2/c1-2-14-10-16(12-18(11-14)34-13-24)19(29-17-6-4-15(5-7-17)20(25)26)21-30-23(33)32(31-21)22-27-8-3-9-28-22/h3-12,19,29H,2,13,24H2,1H3,(H3,25,26)(H,30,31,33). The van der Waals surface area contributed by atoms with Gasteiger partial charge in [0.25, 0.3) is 5.95 Å². The Bertz CT molecular complexity index is 1330. The monoisotopic (exact) mass is 459 g/mol. The maximum Gasteiger partial charge on any atom is 0.350 e. The van der Waals surface area contributed by atoms with Crippen LogP contribution < -0.4 is 27.2 Å². The van der Waals surface area contributed by atoms with Crippen molar-refractivity contribution in [3.63, 3.8) is 0 Å². The van der Waals surface area contributed by atoms with Gasteiger partial charge in [0.05, 0.1) is 0 Å². The number of aromatic nitrogens is 5. The number of nitrogens with two attached hydrogens (primary N) is 2. The zero-order chi connectivity index (χ0) is 24.1. The highest BCUT2D eigenvalue weighted by Gasteiger charge is 2.22. The molecule has 0 amide bonds. The van der Waals surface area contributed by atoms with Crippen molar-refractivity contribution in [2.75, 3.05) is 12.0 Å². The van der Waals surface area contributed by atoms with Crippen LogP contribution in [-0.2, 0) is 6.42 Å². The molecule has 0 bridgehead atoms. The second-order valence-electron chi connectivity index (χ2n) is 7.42. The molecule has 2 aromatic heterocycles. The summed E-state index contributed by atoms with van der Waals surface area (Å²) in [7, 11) is 0. The molecule has 0 saturated carbocycles. The molecule has 0 aliphatic heterocycles. The van der Waals surface area contributed by atoms with Gasteiger partial charge in [-0.1, -0.05) is 13.0 Å². The highest BCUT2D eigenvalue weighted by atomic mass is 16.5. The van der Waals surface area contributed by atoms with Gasteiger partial charge >= 0.3 is 5.69 Å². The summed E-state index contributed by atoms with van der Waals surface area (Å²) in [6.07, 6.45) is 3.85. The van der Waals surface area contributed by atoms with Gasteiger partial charge in [-0.05, 0) is 60.0 Å². The van der Waals surface area contributed by atoms with E-state index in [1.165, 1.54) is 12.4 Å². The molecule has 4 rings (SSSR count). The van der Waals surface area contributed by atoms with Crippen molar-refractivity contribution in [3.05, 3.63) is 93.9 Å². The third-order valence-electron chi connectivity index (χ3n) is 5.14. The molecular weight excluding hydrogens is 434 g/mol. The van der Waals surface area contributed by atoms with Gasteiger partial charge in [-0.3, -0.25) is 16.1 Å². The first kappa shape index (κ1) is 22.7. The first-order valence-corrected chi connectivity index (χ1v) is 10.6. The largest absolute Gasteiger partial charge is 0.479 e. The number of amidine groups is 1. The minimum absolute atomic E-state index is 0.0201. The summed E-state index contributed by atoms with van der Waals surface area (Å²) in [5.41, 5.74) is 13.9. The van der Waals surface area contributed by atoms with Gasteiger partial charge in [-0.25, -0.2) is 14.8 Å². The molecular formula is C23H25N9O2. The van der Waals surface area contributed by atoms with E-state index in [1.807, 2.05) is 25.1 Å². The van der Waals surface area contributed by atoms with E-state index in [0.29, 0.717) is 17.1 Å². The maximum absolute atomic E-state index is 12.7. The molecule has 0 aliphatic carbocycles. The average Bonchev–Trinajstić information content (AvgIpc) is 3.24. The summed E-state index contributed by atoms with van der Waals surface area (Å²) < 4.78 is 6.68. The van der Waals surface area contributed by atoms with E-state index >= 15 is 0 Å². The molecule has 0 fully saturated rings. The van der Waals surface area contributed by atoms with Gasteiger partial charge in [0, 0.05) is 23.6 Å². The van der Waals surface area contributed by atoms with Gasteiger partial charge in [0.2, 0.25) is 0 Å². The number of aromatic amines is 1. The summed E-state index contributed by atoms with van der Waals surface area (Å²) in [5.74, 6) is 1.12. The predicted octanol–water partition coefficient (Wildman–Crippen LogP) is 1.69. The van der Waals surface area contributed by atoms with Crippen LogP contribution in [0.5, 0.6) is 5.75 Å². The molecule has 2 aromatic carbocycles. The van der Waals surface area contributed by atoms with Gasteiger partial charge in [-0.2, -0.15) is 0 Å². The zero-order valence-corrected chi connectivity index (χ0v) is 18.5. The summed E-state index contributed by atoms with van der Waals surface area (Å²) in [4.78, 5) is 23.7. The van der Waals surface area contributed by atoms with E-state index in [-0.39, 0.29) is 18.5 Å². The molecule has 4 aromatic rings. The number of H-pyrrole nitrogens is 1. The van der Waals surface area contributed by atoms with Crippen LogP contribution in [0, 0.1) is 5.41 Å². The van der Waals surface area contributed by atoms with Crippen LogP contribution in [0.3, 0.4) is 0 Å². The Balaban J connectivity index is 1.80. The van der Waals surface area contributed by atoms with Crippen molar-refractivity contribution in [2.24, 2.45) is 11.5 Å². The van der Waals surface area contributed by atoms with Gasteiger partial charge < -0.3 is 15.8 Å². The van der Waals surface area contributed by atoms with Crippen LogP contribution in [0.4, 0.5) is 5.69 Å². The summed E-state index contributed by atoms with van der Waals surface area (Å²) in [5, 5.41) is 15.5. The molecule has 174 valence electrons. The number of nitrogen functional groups attached to an aromatic ring is 1. The molecule has 11 heteroatoms. The SMILES string of the molecule is CCc1cc(OCN)cc(C(Nc2ccc(C(=N)N)cc2)c2nn(-c3ncccn3)c(=O)[nH]2)c1. The number of hydrogen-bond acceptors (Lipinski definition) is 8. The fourth-order valence-electron chi connectivity index (χ4n) is 3.47. The Morgan fingerprint density at radius 1 is 1.21 bits per heavy atom. The third-order valence-corrected chi connectivity index (χ3v) is 5.14. The minimum atomic E-state index is -0.549. The Kier molecular flexibility index (Phi) is 6.64. The van der Waals surface area contributed by atoms with Crippen molar-refractivity contribution in [1.29, 1.82) is 5.41 Å². The van der Waals surface area contributed by atoms with Crippen molar-refractivity contribution < 1.29 is 4.74 Å². The minimum Gasteiger partial charge on any atom is -0.479 e. The van der Waals surface area contributed by atoms with E-state index in [0.717, 1.165) is 27.9 Å². The van der Waals surface area contributed by atoms with Crippen molar-refractivity contribution in [2.45, 2.75) is 19.4 Å². The second kappa shape index (κ2) is 9.96.